The summed E-state index contributed by atoms with van der Waals surface area (Å²) in [7, 11) is 0. The molecular formula is C26H35N3O3S. The van der Waals surface area contributed by atoms with Crippen LogP contribution in [-0.2, 0) is 9.59 Å². The average molecular weight is 470 g/mol. The fourth-order valence-corrected chi connectivity index (χ4v) is 4.95. The summed E-state index contributed by atoms with van der Waals surface area (Å²) in [4.78, 5) is 32.6. The van der Waals surface area contributed by atoms with E-state index in [4.69, 9.17) is 17.0 Å². The molecule has 2 aliphatic rings. The Morgan fingerprint density at radius 1 is 0.939 bits per heavy atom. The molecule has 1 fully saturated rings. The molecule has 0 atom stereocenters. The Balaban J connectivity index is 2.20. The molecule has 1 saturated heterocycles. The maximum Gasteiger partial charge on any atom is 0.269 e. The average Bonchev–Trinajstić information content (AvgIpc) is 2.66. The first kappa shape index (κ1) is 25.0. The third-order valence-electron chi connectivity index (χ3n) is 5.89. The summed E-state index contributed by atoms with van der Waals surface area (Å²) in [6.07, 6.45) is 1.78. The van der Waals surface area contributed by atoms with E-state index in [1.165, 1.54) is 9.80 Å². The maximum absolute atomic E-state index is 13.7. The molecule has 178 valence electrons. The van der Waals surface area contributed by atoms with Gasteiger partial charge in [-0.3, -0.25) is 19.4 Å². The summed E-state index contributed by atoms with van der Waals surface area (Å²) in [5.41, 5.74) is 1.71. The normalized spacial score (nSPS) is 17.2. The van der Waals surface area contributed by atoms with E-state index in [0.29, 0.717) is 5.75 Å². The van der Waals surface area contributed by atoms with Gasteiger partial charge in [0, 0.05) is 41.5 Å². The molecule has 0 aliphatic carbocycles. The maximum atomic E-state index is 13.7. The molecule has 0 unspecified atom stereocenters. The van der Waals surface area contributed by atoms with Gasteiger partial charge in [-0.2, -0.15) is 0 Å². The molecule has 1 aromatic carbocycles. The zero-order chi connectivity index (χ0) is 24.9. The summed E-state index contributed by atoms with van der Waals surface area (Å²) >= 11 is 5.64. The van der Waals surface area contributed by atoms with Gasteiger partial charge >= 0.3 is 0 Å². The van der Waals surface area contributed by atoms with Gasteiger partial charge in [-0.25, -0.2) is 0 Å². The minimum atomic E-state index is -0.606. The molecule has 1 aromatic rings. The Morgan fingerprint density at radius 3 is 1.91 bits per heavy atom. The number of nitrogens with zero attached hydrogens (tertiary/aromatic N) is 3. The van der Waals surface area contributed by atoms with Crippen LogP contribution in [0.15, 0.2) is 35.6 Å². The second kappa shape index (κ2) is 8.60. The molecule has 0 spiro atoms. The number of benzene rings is 1. The zero-order valence-corrected chi connectivity index (χ0v) is 22.0. The highest BCUT2D eigenvalue weighted by Crippen LogP contribution is 2.39. The topological polar surface area (TPSA) is 53.1 Å². The summed E-state index contributed by atoms with van der Waals surface area (Å²) in [6.45, 7) is 19.4. The van der Waals surface area contributed by atoms with Crippen LogP contribution in [0.5, 0.6) is 5.75 Å². The van der Waals surface area contributed by atoms with Crippen molar-refractivity contribution in [2.75, 3.05) is 18.0 Å². The number of hydrogen-bond donors (Lipinski definition) is 0. The Hall–Kier alpha value is -2.67. The quantitative estimate of drug-likeness (QED) is 0.349. The highest BCUT2D eigenvalue weighted by atomic mass is 32.1. The Morgan fingerprint density at radius 2 is 1.45 bits per heavy atom. The number of hydrogen-bond acceptors (Lipinski definition) is 5. The first-order valence-corrected chi connectivity index (χ1v) is 11.9. The number of amides is 2. The molecule has 0 aromatic heterocycles. The summed E-state index contributed by atoms with van der Waals surface area (Å²) in [5.74, 6) is 0.0405. The van der Waals surface area contributed by atoms with Crippen LogP contribution in [0.4, 0.5) is 5.69 Å². The monoisotopic (exact) mass is 469 g/mol. The van der Waals surface area contributed by atoms with Crippen LogP contribution in [-0.4, -0.2) is 50.9 Å². The van der Waals surface area contributed by atoms with Gasteiger partial charge in [0.1, 0.15) is 17.1 Å². The number of thiocarbonyl (C=S) groups is 1. The van der Waals surface area contributed by atoms with E-state index in [9.17, 15) is 9.59 Å². The molecule has 33 heavy (non-hydrogen) atoms. The number of anilines is 1. The van der Waals surface area contributed by atoms with E-state index in [2.05, 4.69) is 24.8 Å². The molecule has 7 heteroatoms. The van der Waals surface area contributed by atoms with Crippen molar-refractivity contribution in [2.24, 2.45) is 0 Å². The lowest BCUT2D eigenvalue weighted by Crippen LogP contribution is -2.66. The number of carbonyl (C=O) groups excluding carboxylic acids is 2. The van der Waals surface area contributed by atoms with E-state index >= 15 is 0 Å². The van der Waals surface area contributed by atoms with Gasteiger partial charge in [0.05, 0.1) is 0 Å². The molecule has 2 amide bonds. The summed E-state index contributed by atoms with van der Waals surface area (Å²) < 4.78 is 6.26. The van der Waals surface area contributed by atoms with Crippen molar-refractivity contribution in [1.29, 1.82) is 0 Å². The van der Waals surface area contributed by atoms with Crippen molar-refractivity contribution < 1.29 is 14.3 Å². The van der Waals surface area contributed by atoms with Gasteiger partial charge in [0.15, 0.2) is 5.11 Å². The lowest BCUT2D eigenvalue weighted by atomic mass is 9.95. The van der Waals surface area contributed by atoms with E-state index in [1.807, 2.05) is 60.6 Å². The smallest absolute Gasteiger partial charge is 0.269 e. The van der Waals surface area contributed by atoms with Crippen LogP contribution in [0.2, 0.25) is 0 Å². The molecule has 0 N–H and O–H groups in total. The van der Waals surface area contributed by atoms with Crippen molar-refractivity contribution in [2.45, 2.75) is 73.4 Å². The van der Waals surface area contributed by atoms with Crippen LogP contribution in [0.3, 0.4) is 0 Å². The van der Waals surface area contributed by atoms with Gasteiger partial charge in [0.2, 0.25) is 0 Å². The molecule has 0 bridgehead atoms. The fourth-order valence-electron chi connectivity index (χ4n) is 4.23. The Bertz CT molecular complexity index is 1030. The van der Waals surface area contributed by atoms with Crippen molar-refractivity contribution in [1.82, 2.24) is 9.80 Å². The second-order valence-electron chi connectivity index (χ2n) is 10.4. The molecule has 0 saturated carbocycles. The van der Waals surface area contributed by atoms with Gasteiger partial charge in [-0.05, 0) is 98.3 Å². The van der Waals surface area contributed by atoms with E-state index in [0.717, 1.165) is 29.9 Å². The SMILES string of the molecule is CCN(CC)c1ccc2c(c1)OC(=C1C(=O)N(C(C)(C)C)C(=S)N(C(C)(C)C)C1=O)C=C2C. The van der Waals surface area contributed by atoms with Crippen LogP contribution >= 0.6 is 12.2 Å². The minimum Gasteiger partial charge on any atom is -0.456 e. The standard InChI is InChI=1S/C26H35N3O3S/c1-10-27(11-2)17-12-13-18-16(3)14-20(32-19(18)15-17)21-22(30)28(25(4,5)6)24(33)29(23(21)31)26(7,8)9/h12-15H,10-11H2,1-9H3. The van der Waals surface area contributed by atoms with E-state index in [-0.39, 0.29) is 16.4 Å². The summed E-state index contributed by atoms with van der Waals surface area (Å²) in [6, 6.07) is 6.08. The number of carbonyl (C=O) groups is 2. The predicted octanol–water partition coefficient (Wildman–Crippen LogP) is 5.14. The third kappa shape index (κ3) is 4.43. The van der Waals surface area contributed by atoms with Gasteiger partial charge in [-0.15, -0.1) is 0 Å². The number of rotatable bonds is 3. The van der Waals surface area contributed by atoms with Gasteiger partial charge in [0.25, 0.3) is 11.8 Å². The van der Waals surface area contributed by atoms with Crippen molar-refractivity contribution in [3.63, 3.8) is 0 Å². The second-order valence-corrected chi connectivity index (χ2v) is 10.8. The molecule has 2 heterocycles. The van der Waals surface area contributed by atoms with Crippen molar-refractivity contribution in [3.8, 4) is 5.75 Å². The molecular weight excluding hydrogens is 434 g/mol. The number of allylic oxidation sites excluding steroid dienone is 2. The largest absolute Gasteiger partial charge is 0.456 e. The Labute approximate surface area is 202 Å². The van der Waals surface area contributed by atoms with Crippen molar-refractivity contribution >= 4 is 40.4 Å². The zero-order valence-electron chi connectivity index (χ0n) is 21.2. The minimum absolute atomic E-state index is 0.00620. The lowest BCUT2D eigenvalue weighted by molar-refractivity contribution is -0.138. The van der Waals surface area contributed by atoms with E-state index in [1.54, 1.807) is 6.08 Å². The van der Waals surface area contributed by atoms with Crippen LogP contribution in [0, 0.1) is 0 Å². The first-order valence-electron chi connectivity index (χ1n) is 11.4. The Kier molecular flexibility index (Phi) is 6.50. The molecule has 6 nitrogen and oxygen atoms in total. The molecule has 0 radical (unpaired) electrons. The van der Waals surface area contributed by atoms with Crippen LogP contribution in [0.25, 0.3) is 5.57 Å². The van der Waals surface area contributed by atoms with Crippen LogP contribution < -0.4 is 9.64 Å². The van der Waals surface area contributed by atoms with Gasteiger partial charge < -0.3 is 9.64 Å². The van der Waals surface area contributed by atoms with E-state index < -0.39 is 22.9 Å². The van der Waals surface area contributed by atoms with Crippen molar-refractivity contribution in [3.05, 3.63) is 41.2 Å². The number of ether oxygens (including phenoxy) is 1. The predicted molar refractivity (Wildman–Crippen MR) is 137 cm³/mol. The number of fused-ring (bicyclic) bond motifs is 1. The highest BCUT2D eigenvalue weighted by Gasteiger charge is 2.49. The molecule has 2 aliphatic heterocycles. The van der Waals surface area contributed by atoms with Gasteiger partial charge in [-0.1, -0.05) is 0 Å². The first-order chi connectivity index (χ1) is 15.2. The third-order valence-corrected chi connectivity index (χ3v) is 6.26. The fraction of sp³-hybridized carbons (Fsp3) is 0.500. The lowest BCUT2D eigenvalue weighted by Gasteiger charge is -2.48. The van der Waals surface area contributed by atoms with Crippen LogP contribution in [0.1, 0.15) is 67.9 Å². The highest BCUT2D eigenvalue weighted by molar-refractivity contribution is 7.80. The molecule has 3 rings (SSSR count). The summed E-state index contributed by atoms with van der Waals surface area (Å²) in [5, 5.41) is 0.218.